The van der Waals surface area contributed by atoms with Crippen LogP contribution >= 0.6 is 0 Å². The number of rotatable bonds is 4. The molecule has 0 bridgehead atoms. The maximum atomic E-state index is 12.2. The Kier molecular flexibility index (Phi) is 3.91. The van der Waals surface area contributed by atoms with Crippen LogP contribution in [0.15, 0.2) is 18.2 Å². The van der Waals surface area contributed by atoms with Gasteiger partial charge in [-0.05, 0) is 30.0 Å². The lowest BCUT2D eigenvalue weighted by Gasteiger charge is -2.54. The highest BCUT2D eigenvalue weighted by Crippen LogP contribution is 2.52. The Hall–Kier alpha value is -1.75. The molecule has 3 atom stereocenters. The third-order valence-corrected chi connectivity index (χ3v) is 5.84. The number of benzene rings is 1. The highest BCUT2D eigenvalue weighted by molar-refractivity contribution is 5.74. The summed E-state index contributed by atoms with van der Waals surface area (Å²) in [7, 11) is 0. The van der Waals surface area contributed by atoms with E-state index in [1.165, 1.54) is 11.1 Å². The van der Waals surface area contributed by atoms with Gasteiger partial charge in [0.05, 0.1) is 12.7 Å². The quantitative estimate of drug-likeness (QED) is 0.890. The van der Waals surface area contributed by atoms with E-state index in [0.717, 1.165) is 38.2 Å². The van der Waals surface area contributed by atoms with E-state index in [1.807, 2.05) is 6.07 Å². The van der Waals surface area contributed by atoms with Gasteiger partial charge in [-0.25, -0.2) is 4.79 Å². The molecule has 1 saturated carbocycles. The van der Waals surface area contributed by atoms with Crippen molar-refractivity contribution >= 4 is 6.03 Å². The van der Waals surface area contributed by atoms with Crippen LogP contribution in [0.2, 0.25) is 0 Å². The first-order chi connectivity index (χ1) is 11.6. The minimum atomic E-state index is -0.0667. The monoisotopic (exact) mass is 330 g/mol. The van der Waals surface area contributed by atoms with Crippen molar-refractivity contribution in [3.63, 3.8) is 0 Å². The van der Waals surface area contributed by atoms with Crippen LogP contribution in [0.5, 0.6) is 5.75 Å². The molecular weight excluding hydrogens is 304 g/mol. The minimum absolute atomic E-state index is 0.0263. The lowest BCUT2D eigenvalue weighted by molar-refractivity contribution is -0.108. The molecule has 1 aromatic carbocycles. The van der Waals surface area contributed by atoms with Gasteiger partial charge in [0.25, 0.3) is 0 Å². The van der Waals surface area contributed by atoms with Crippen LogP contribution < -0.4 is 15.4 Å². The largest absolute Gasteiger partial charge is 0.493 e. The number of ether oxygens (including phenoxy) is 2. The standard InChI is InChI=1S/C19H26N2O3/c1-19(2)16(14-7-10-24-17(14)19)21-18(22)20-8-5-12-3-4-15-13(11-12)6-9-23-15/h3-4,11,14,16-17H,5-10H2,1-2H3,(H2,20,21,22)/t14-,16-,17-/m1/s1. The zero-order valence-corrected chi connectivity index (χ0v) is 14.4. The van der Waals surface area contributed by atoms with Crippen LogP contribution in [0.3, 0.4) is 0 Å². The van der Waals surface area contributed by atoms with E-state index in [1.54, 1.807) is 0 Å². The second kappa shape index (κ2) is 5.96. The van der Waals surface area contributed by atoms with Crippen molar-refractivity contribution in [2.75, 3.05) is 19.8 Å². The minimum Gasteiger partial charge on any atom is -0.493 e. The maximum Gasteiger partial charge on any atom is 0.315 e. The first kappa shape index (κ1) is 15.8. The van der Waals surface area contributed by atoms with Gasteiger partial charge in [0.2, 0.25) is 0 Å². The van der Waals surface area contributed by atoms with Gasteiger partial charge < -0.3 is 20.1 Å². The van der Waals surface area contributed by atoms with Crippen molar-refractivity contribution in [2.45, 2.75) is 45.3 Å². The van der Waals surface area contributed by atoms with Gasteiger partial charge in [-0.3, -0.25) is 0 Å². The summed E-state index contributed by atoms with van der Waals surface area (Å²) in [4.78, 5) is 12.2. The molecule has 5 heteroatoms. The molecule has 0 radical (unpaired) electrons. The van der Waals surface area contributed by atoms with Gasteiger partial charge in [0.1, 0.15) is 5.75 Å². The molecule has 1 aromatic rings. The number of carbonyl (C=O) groups excluding carboxylic acids is 1. The number of hydrogen-bond donors (Lipinski definition) is 2. The summed E-state index contributed by atoms with van der Waals surface area (Å²) in [5.74, 6) is 1.48. The number of fused-ring (bicyclic) bond motifs is 2. The number of amides is 2. The Labute approximate surface area is 143 Å². The molecule has 0 unspecified atom stereocenters. The van der Waals surface area contributed by atoms with Crippen molar-refractivity contribution in [3.8, 4) is 5.75 Å². The maximum absolute atomic E-state index is 12.2. The van der Waals surface area contributed by atoms with Crippen LogP contribution in [-0.2, 0) is 17.6 Å². The molecule has 5 nitrogen and oxygen atoms in total. The fourth-order valence-electron chi connectivity index (χ4n) is 4.53. The lowest BCUT2D eigenvalue weighted by Crippen LogP contribution is -2.67. The van der Waals surface area contributed by atoms with Crippen molar-refractivity contribution in [1.29, 1.82) is 0 Å². The lowest BCUT2D eigenvalue weighted by atomic mass is 9.57. The third-order valence-electron chi connectivity index (χ3n) is 5.84. The zero-order valence-electron chi connectivity index (χ0n) is 14.4. The second-order valence-corrected chi connectivity index (χ2v) is 7.73. The first-order valence-electron chi connectivity index (χ1n) is 8.96. The summed E-state index contributed by atoms with van der Waals surface area (Å²) in [5.41, 5.74) is 2.55. The Balaban J connectivity index is 1.25. The molecule has 0 spiro atoms. The highest BCUT2D eigenvalue weighted by atomic mass is 16.5. The topological polar surface area (TPSA) is 59.6 Å². The smallest absolute Gasteiger partial charge is 0.315 e. The van der Waals surface area contributed by atoms with Crippen molar-refractivity contribution in [1.82, 2.24) is 10.6 Å². The van der Waals surface area contributed by atoms with Crippen molar-refractivity contribution < 1.29 is 14.3 Å². The number of hydrogen-bond acceptors (Lipinski definition) is 3. The summed E-state index contributed by atoms with van der Waals surface area (Å²) in [6.07, 6.45) is 3.18. The normalized spacial score (nSPS) is 29.2. The van der Waals surface area contributed by atoms with E-state index in [-0.39, 0.29) is 17.5 Å². The first-order valence-corrected chi connectivity index (χ1v) is 8.96. The van der Waals surface area contributed by atoms with E-state index in [2.05, 4.69) is 36.6 Å². The molecule has 1 aliphatic carbocycles. The van der Waals surface area contributed by atoms with Crippen LogP contribution in [0.4, 0.5) is 4.79 Å². The Morgan fingerprint density at radius 3 is 3.08 bits per heavy atom. The summed E-state index contributed by atoms with van der Waals surface area (Å²) in [6, 6.07) is 6.45. The van der Waals surface area contributed by atoms with Gasteiger partial charge in [-0.2, -0.15) is 0 Å². The predicted molar refractivity (Wildman–Crippen MR) is 91.3 cm³/mol. The van der Waals surface area contributed by atoms with Crippen LogP contribution in [0.25, 0.3) is 0 Å². The van der Waals surface area contributed by atoms with E-state index >= 15 is 0 Å². The van der Waals surface area contributed by atoms with Gasteiger partial charge in [-0.1, -0.05) is 26.0 Å². The molecule has 0 aromatic heterocycles. The van der Waals surface area contributed by atoms with E-state index < -0.39 is 0 Å². The number of nitrogens with one attached hydrogen (secondary N) is 2. The van der Waals surface area contributed by atoms with Crippen molar-refractivity contribution in [3.05, 3.63) is 29.3 Å². The number of carbonyl (C=O) groups is 1. The molecule has 2 amide bonds. The Morgan fingerprint density at radius 2 is 2.21 bits per heavy atom. The summed E-state index contributed by atoms with van der Waals surface area (Å²) in [6.45, 7) is 6.60. The number of urea groups is 1. The van der Waals surface area contributed by atoms with E-state index in [9.17, 15) is 4.79 Å². The summed E-state index contributed by atoms with van der Waals surface area (Å²) < 4.78 is 11.3. The van der Waals surface area contributed by atoms with Gasteiger partial charge >= 0.3 is 6.03 Å². The molecule has 130 valence electrons. The molecule has 2 aliphatic heterocycles. The molecule has 2 heterocycles. The van der Waals surface area contributed by atoms with E-state index in [0.29, 0.717) is 18.6 Å². The Bertz CT molecular complexity index is 643. The molecule has 2 fully saturated rings. The molecular formula is C19H26N2O3. The van der Waals surface area contributed by atoms with Crippen LogP contribution in [0.1, 0.15) is 31.4 Å². The van der Waals surface area contributed by atoms with Crippen molar-refractivity contribution in [2.24, 2.45) is 11.3 Å². The SMILES string of the molecule is CC1(C)[C@H](NC(=O)NCCc2ccc3c(c2)CCO3)[C@H]2CCO[C@H]21. The molecule has 4 rings (SSSR count). The third kappa shape index (κ3) is 2.65. The van der Waals surface area contributed by atoms with Crippen LogP contribution in [-0.4, -0.2) is 37.9 Å². The fourth-order valence-corrected chi connectivity index (χ4v) is 4.53. The van der Waals surface area contributed by atoms with Crippen LogP contribution in [0, 0.1) is 11.3 Å². The van der Waals surface area contributed by atoms with Gasteiger partial charge in [0.15, 0.2) is 0 Å². The Morgan fingerprint density at radius 1 is 1.33 bits per heavy atom. The second-order valence-electron chi connectivity index (χ2n) is 7.73. The highest BCUT2D eigenvalue weighted by Gasteiger charge is 2.59. The van der Waals surface area contributed by atoms with E-state index in [4.69, 9.17) is 9.47 Å². The average Bonchev–Trinajstić information content (AvgIpc) is 3.20. The zero-order chi connectivity index (χ0) is 16.7. The molecule has 3 aliphatic rings. The van der Waals surface area contributed by atoms with Gasteiger partial charge in [0, 0.05) is 36.9 Å². The summed E-state index contributed by atoms with van der Waals surface area (Å²) >= 11 is 0. The summed E-state index contributed by atoms with van der Waals surface area (Å²) in [5, 5.41) is 6.15. The predicted octanol–water partition coefficient (Wildman–Crippen LogP) is 2.28. The van der Waals surface area contributed by atoms with Gasteiger partial charge in [-0.15, -0.1) is 0 Å². The molecule has 24 heavy (non-hydrogen) atoms. The average molecular weight is 330 g/mol. The molecule has 1 saturated heterocycles. The fraction of sp³-hybridized carbons (Fsp3) is 0.632. The molecule has 2 N–H and O–H groups in total.